The van der Waals surface area contributed by atoms with Crippen LogP contribution in [0.2, 0.25) is 0 Å². The minimum Gasteiger partial charge on any atom is -0.434 e. The van der Waals surface area contributed by atoms with Crippen LogP contribution in [0.15, 0.2) is 18.2 Å². The second-order valence-corrected chi connectivity index (χ2v) is 2.29. The fourth-order valence-corrected chi connectivity index (χ4v) is 0.797. The first kappa shape index (κ1) is 8.90. The number of rotatable bonds is 2. The molecule has 0 amide bonds. The molecule has 0 N–H and O–H groups in total. The molecule has 0 aromatic heterocycles. The van der Waals surface area contributed by atoms with Crippen LogP contribution >= 0.6 is 0 Å². The van der Waals surface area contributed by atoms with E-state index in [1.807, 2.05) is 0 Å². The van der Waals surface area contributed by atoms with E-state index in [0.717, 1.165) is 6.07 Å². The van der Waals surface area contributed by atoms with Crippen LogP contribution < -0.4 is 4.74 Å². The van der Waals surface area contributed by atoms with Crippen molar-refractivity contribution >= 4 is 0 Å². The number of ether oxygens (including phenoxy) is 1. The van der Waals surface area contributed by atoms with Crippen LogP contribution in [0.5, 0.6) is 5.75 Å². The molecule has 0 heterocycles. The van der Waals surface area contributed by atoms with Gasteiger partial charge in [-0.25, -0.2) is 4.39 Å². The van der Waals surface area contributed by atoms with Gasteiger partial charge in [0.15, 0.2) is 0 Å². The van der Waals surface area contributed by atoms with Gasteiger partial charge < -0.3 is 4.74 Å². The first-order chi connectivity index (χ1) is 5.59. The van der Waals surface area contributed by atoms with Crippen LogP contribution in [0.3, 0.4) is 0 Å². The first-order valence-corrected chi connectivity index (χ1v) is 3.30. The highest BCUT2D eigenvalue weighted by atomic mass is 19.3. The highest BCUT2D eigenvalue weighted by Crippen LogP contribution is 2.20. The second kappa shape index (κ2) is 3.47. The molecule has 0 saturated heterocycles. The van der Waals surface area contributed by atoms with E-state index in [1.165, 1.54) is 12.1 Å². The third-order valence-corrected chi connectivity index (χ3v) is 1.37. The summed E-state index contributed by atoms with van der Waals surface area (Å²) in [6.07, 6.45) is 0. The van der Waals surface area contributed by atoms with Gasteiger partial charge in [0.2, 0.25) is 0 Å². The molecule has 0 unspecified atom stereocenters. The number of alkyl halides is 2. The van der Waals surface area contributed by atoms with Crippen LogP contribution in [0.25, 0.3) is 0 Å². The molecule has 66 valence electrons. The van der Waals surface area contributed by atoms with E-state index in [1.54, 1.807) is 6.92 Å². The van der Waals surface area contributed by atoms with Crippen molar-refractivity contribution in [3.05, 3.63) is 29.6 Å². The van der Waals surface area contributed by atoms with E-state index < -0.39 is 12.4 Å². The molecular formula is C8H7F3O. The Kier molecular flexibility index (Phi) is 2.58. The van der Waals surface area contributed by atoms with Gasteiger partial charge in [-0.2, -0.15) is 8.78 Å². The number of aryl methyl sites for hydroxylation is 1. The number of hydrogen-bond acceptors (Lipinski definition) is 1. The average molecular weight is 176 g/mol. The standard InChI is InChI=1S/C8H7F3O/c1-5-2-3-6(9)4-7(5)12-8(10)11/h2-4,8H,1H3. The van der Waals surface area contributed by atoms with Gasteiger partial charge in [0.25, 0.3) is 0 Å². The second-order valence-electron chi connectivity index (χ2n) is 2.29. The van der Waals surface area contributed by atoms with Crippen LogP contribution in [-0.4, -0.2) is 6.61 Å². The smallest absolute Gasteiger partial charge is 0.387 e. The zero-order valence-corrected chi connectivity index (χ0v) is 6.35. The molecule has 1 aromatic rings. The fourth-order valence-electron chi connectivity index (χ4n) is 0.797. The largest absolute Gasteiger partial charge is 0.434 e. The Morgan fingerprint density at radius 3 is 2.58 bits per heavy atom. The lowest BCUT2D eigenvalue weighted by molar-refractivity contribution is -0.0504. The molecule has 12 heavy (non-hydrogen) atoms. The lowest BCUT2D eigenvalue weighted by atomic mass is 10.2. The van der Waals surface area contributed by atoms with Crippen molar-refractivity contribution in [1.29, 1.82) is 0 Å². The molecule has 0 aliphatic carbocycles. The minimum atomic E-state index is -2.91. The van der Waals surface area contributed by atoms with Crippen LogP contribution in [0.1, 0.15) is 5.56 Å². The Labute approximate surface area is 67.8 Å². The summed E-state index contributed by atoms with van der Waals surface area (Å²) < 4.78 is 39.9. The summed E-state index contributed by atoms with van der Waals surface area (Å²) in [7, 11) is 0. The molecule has 1 aromatic carbocycles. The first-order valence-electron chi connectivity index (χ1n) is 3.30. The average Bonchev–Trinajstić information content (AvgIpc) is 1.96. The van der Waals surface area contributed by atoms with E-state index in [2.05, 4.69) is 4.74 Å². The molecule has 1 nitrogen and oxygen atoms in total. The molecule has 0 atom stereocenters. The predicted octanol–water partition coefficient (Wildman–Crippen LogP) is 2.74. The monoisotopic (exact) mass is 176 g/mol. The molecule has 0 aliphatic heterocycles. The van der Waals surface area contributed by atoms with Gasteiger partial charge in [0.05, 0.1) is 0 Å². The molecule has 1 rings (SSSR count). The molecular weight excluding hydrogens is 169 g/mol. The van der Waals surface area contributed by atoms with Gasteiger partial charge >= 0.3 is 6.61 Å². The van der Waals surface area contributed by atoms with Gasteiger partial charge in [-0.1, -0.05) is 6.07 Å². The van der Waals surface area contributed by atoms with Crippen molar-refractivity contribution in [1.82, 2.24) is 0 Å². The van der Waals surface area contributed by atoms with Crippen LogP contribution in [-0.2, 0) is 0 Å². The maximum absolute atomic E-state index is 12.5. The van der Waals surface area contributed by atoms with E-state index >= 15 is 0 Å². The summed E-state index contributed by atoms with van der Waals surface area (Å²) in [5.74, 6) is -0.707. The SMILES string of the molecule is Cc1ccc(F)cc1OC(F)F. The Morgan fingerprint density at radius 2 is 2.00 bits per heavy atom. The summed E-state index contributed by atoms with van der Waals surface area (Å²) in [6.45, 7) is -1.34. The molecule has 4 heteroatoms. The highest BCUT2D eigenvalue weighted by Gasteiger charge is 2.07. The number of hydrogen-bond donors (Lipinski definition) is 0. The minimum absolute atomic E-state index is 0.120. The molecule has 0 bridgehead atoms. The summed E-state index contributed by atoms with van der Waals surface area (Å²) in [5, 5.41) is 0. The summed E-state index contributed by atoms with van der Waals surface area (Å²) >= 11 is 0. The Balaban J connectivity index is 2.90. The summed E-state index contributed by atoms with van der Waals surface area (Å²) in [4.78, 5) is 0. The lowest BCUT2D eigenvalue weighted by Gasteiger charge is -2.06. The topological polar surface area (TPSA) is 9.23 Å². The van der Waals surface area contributed by atoms with E-state index in [9.17, 15) is 13.2 Å². The van der Waals surface area contributed by atoms with Crippen molar-refractivity contribution < 1.29 is 17.9 Å². The van der Waals surface area contributed by atoms with Crippen molar-refractivity contribution in [3.8, 4) is 5.75 Å². The number of halogens is 3. The maximum Gasteiger partial charge on any atom is 0.387 e. The van der Waals surface area contributed by atoms with Crippen molar-refractivity contribution in [2.75, 3.05) is 0 Å². The molecule has 0 aliphatic rings. The van der Waals surface area contributed by atoms with Crippen molar-refractivity contribution in [3.63, 3.8) is 0 Å². The lowest BCUT2D eigenvalue weighted by Crippen LogP contribution is -2.03. The van der Waals surface area contributed by atoms with E-state index in [4.69, 9.17) is 0 Å². The normalized spacial score (nSPS) is 10.4. The van der Waals surface area contributed by atoms with Gasteiger partial charge in [0, 0.05) is 6.07 Å². The molecule has 0 fully saturated rings. The predicted molar refractivity (Wildman–Crippen MR) is 37.8 cm³/mol. The van der Waals surface area contributed by atoms with Crippen molar-refractivity contribution in [2.45, 2.75) is 13.5 Å². The third-order valence-electron chi connectivity index (χ3n) is 1.37. The van der Waals surface area contributed by atoms with Crippen LogP contribution in [0.4, 0.5) is 13.2 Å². The van der Waals surface area contributed by atoms with Crippen molar-refractivity contribution in [2.24, 2.45) is 0 Å². The van der Waals surface area contributed by atoms with Gasteiger partial charge in [-0.15, -0.1) is 0 Å². The Hall–Kier alpha value is -1.19. The zero-order valence-electron chi connectivity index (χ0n) is 6.35. The molecule has 0 radical (unpaired) electrons. The zero-order chi connectivity index (χ0) is 9.14. The van der Waals surface area contributed by atoms with Crippen LogP contribution in [0, 0.1) is 12.7 Å². The fraction of sp³-hybridized carbons (Fsp3) is 0.250. The summed E-state index contributed by atoms with van der Waals surface area (Å²) in [6, 6.07) is 3.50. The maximum atomic E-state index is 12.5. The van der Waals surface area contributed by atoms with Gasteiger partial charge in [0.1, 0.15) is 11.6 Å². The highest BCUT2D eigenvalue weighted by molar-refractivity contribution is 5.32. The third kappa shape index (κ3) is 2.15. The number of benzene rings is 1. The van der Waals surface area contributed by atoms with Gasteiger partial charge in [-0.05, 0) is 18.6 Å². The molecule has 0 saturated carbocycles. The van der Waals surface area contributed by atoms with E-state index in [0.29, 0.717) is 5.56 Å². The van der Waals surface area contributed by atoms with E-state index in [-0.39, 0.29) is 5.75 Å². The Bertz CT molecular complexity index is 273. The summed E-state index contributed by atoms with van der Waals surface area (Å²) in [5.41, 5.74) is 0.483. The Morgan fingerprint density at radius 1 is 1.33 bits per heavy atom. The quantitative estimate of drug-likeness (QED) is 0.673. The molecule has 0 spiro atoms. The van der Waals surface area contributed by atoms with Gasteiger partial charge in [-0.3, -0.25) is 0 Å².